The molecule has 0 unspecified atom stereocenters. The molecule has 0 spiro atoms. The smallest absolute Gasteiger partial charge is 0.308 e. The van der Waals surface area contributed by atoms with Crippen LogP contribution in [0.15, 0.2) is 59.4 Å². The molecule has 1 aromatic heterocycles. The van der Waals surface area contributed by atoms with Gasteiger partial charge in [-0.1, -0.05) is 29.8 Å². The Kier molecular flexibility index (Phi) is 3.69. The van der Waals surface area contributed by atoms with Gasteiger partial charge in [-0.05, 0) is 30.3 Å². The molecule has 3 aromatic rings. The van der Waals surface area contributed by atoms with Gasteiger partial charge in [0.15, 0.2) is 0 Å². The van der Waals surface area contributed by atoms with Crippen molar-refractivity contribution < 1.29 is 9.53 Å². The van der Waals surface area contributed by atoms with Crippen molar-refractivity contribution in [3.8, 4) is 11.4 Å². The molecule has 110 valence electrons. The standard InChI is InChI=1S/C17H12ClNO3/c1-11(20)22-16-10-17(21)19(13-5-3-2-4-6-13)15-8-7-12(18)9-14(15)16/h2-10H,1H3. The van der Waals surface area contributed by atoms with Crippen LogP contribution in [0.3, 0.4) is 0 Å². The third-order valence-electron chi connectivity index (χ3n) is 3.21. The number of rotatable bonds is 2. The highest BCUT2D eigenvalue weighted by Crippen LogP contribution is 2.28. The summed E-state index contributed by atoms with van der Waals surface area (Å²) in [4.78, 5) is 23.7. The highest BCUT2D eigenvalue weighted by molar-refractivity contribution is 6.31. The van der Waals surface area contributed by atoms with Gasteiger partial charge in [0.1, 0.15) is 5.75 Å². The molecule has 0 fully saturated rings. The number of para-hydroxylation sites is 1. The number of halogens is 1. The highest BCUT2D eigenvalue weighted by Gasteiger charge is 2.13. The van der Waals surface area contributed by atoms with E-state index in [9.17, 15) is 9.59 Å². The van der Waals surface area contributed by atoms with E-state index >= 15 is 0 Å². The number of nitrogens with zero attached hydrogens (tertiary/aromatic N) is 1. The van der Waals surface area contributed by atoms with Crippen LogP contribution in [-0.4, -0.2) is 10.5 Å². The molecule has 0 saturated heterocycles. The van der Waals surface area contributed by atoms with Gasteiger partial charge in [-0.15, -0.1) is 0 Å². The first-order valence-electron chi connectivity index (χ1n) is 6.65. The zero-order valence-corrected chi connectivity index (χ0v) is 12.5. The molecule has 0 radical (unpaired) electrons. The maximum absolute atomic E-state index is 12.5. The van der Waals surface area contributed by atoms with Crippen molar-refractivity contribution in [3.05, 3.63) is 70.0 Å². The monoisotopic (exact) mass is 313 g/mol. The Morgan fingerprint density at radius 3 is 2.50 bits per heavy atom. The maximum atomic E-state index is 12.5. The van der Waals surface area contributed by atoms with E-state index in [0.29, 0.717) is 15.9 Å². The second kappa shape index (κ2) is 5.66. The molecule has 0 bridgehead atoms. The van der Waals surface area contributed by atoms with E-state index in [-0.39, 0.29) is 11.3 Å². The second-order valence-electron chi connectivity index (χ2n) is 4.77. The Bertz CT molecular complexity index is 916. The van der Waals surface area contributed by atoms with Crippen molar-refractivity contribution in [2.45, 2.75) is 6.92 Å². The molecule has 1 heterocycles. The zero-order chi connectivity index (χ0) is 15.7. The number of hydrogen-bond donors (Lipinski definition) is 0. The number of carbonyl (C=O) groups excluding carboxylic acids is 1. The minimum absolute atomic E-state index is 0.210. The molecular weight excluding hydrogens is 302 g/mol. The molecule has 22 heavy (non-hydrogen) atoms. The van der Waals surface area contributed by atoms with Crippen LogP contribution in [0.5, 0.6) is 5.75 Å². The van der Waals surface area contributed by atoms with Crippen molar-refractivity contribution in [3.63, 3.8) is 0 Å². The van der Waals surface area contributed by atoms with Crippen LogP contribution in [0.2, 0.25) is 5.02 Å². The summed E-state index contributed by atoms with van der Waals surface area (Å²) < 4.78 is 6.70. The van der Waals surface area contributed by atoms with Gasteiger partial charge in [-0.3, -0.25) is 14.2 Å². The summed E-state index contributed by atoms with van der Waals surface area (Å²) in [6.07, 6.45) is 0. The number of benzene rings is 2. The lowest BCUT2D eigenvalue weighted by molar-refractivity contribution is -0.131. The van der Waals surface area contributed by atoms with E-state index in [1.165, 1.54) is 13.0 Å². The number of carbonyl (C=O) groups is 1. The quantitative estimate of drug-likeness (QED) is 0.680. The number of ether oxygens (including phenoxy) is 1. The summed E-state index contributed by atoms with van der Waals surface area (Å²) >= 11 is 6.04. The van der Waals surface area contributed by atoms with Crippen LogP contribution >= 0.6 is 11.6 Å². The molecule has 3 rings (SSSR count). The maximum Gasteiger partial charge on any atom is 0.308 e. The van der Waals surface area contributed by atoms with Crippen molar-refractivity contribution in [1.82, 2.24) is 4.57 Å². The lowest BCUT2D eigenvalue weighted by Gasteiger charge is -2.13. The average Bonchev–Trinajstić information content (AvgIpc) is 2.48. The summed E-state index contributed by atoms with van der Waals surface area (Å²) in [5.74, 6) is -0.277. The van der Waals surface area contributed by atoms with E-state index in [0.717, 1.165) is 5.69 Å². The zero-order valence-electron chi connectivity index (χ0n) is 11.7. The summed E-state index contributed by atoms with van der Waals surface area (Å²) in [6, 6.07) is 15.6. The van der Waals surface area contributed by atoms with E-state index in [1.807, 2.05) is 30.3 Å². The summed E-state index contributed by atoms with van der Waals surface area (Å²) in [5.41, 5.74) is 1.07. The molecule has 0 N–H and O–H groups in total. The van der Waals surface area contributed by atoms with Crippen molar-refractivity contribution in [1.29, 1.82) is 0 Å². The van der Waals surface area contributed by atoms with Crippen LogP contribution in [-0.2, 0) is 4.79 Å². The fraction of sp³-hybridized carbons (Fsp3) is 0.0588. The third-order valence-corrected chi connectivity index (χ3v) is 3.44. The fourth-order valence-electron chi connectivity index (χ4n) is 2.36. The van der Waals surface area contributed by atoms with E-state index in [4.69, 9.17) is 16.3 Å². The Morgan fingerprint density at radius 1 is 1.09 bits per heavy atom. The van der Waals surface area contributed by atoms with Crippen molar-refractivity contribution >= 4 is 28.5 Å². The van der Waals surface area contributed by atoms with Crippen LogP contribution in [0.25, 0.3) is 16.6 Å². The minimum atomic E-state index is -0.488. The first kappa shape index (κ1) is 14.4. The van der Waals surface area contributed by atoms with Crippen LogP contribution in [0.1, 0.15) is 6.92 Å². The van der Waals surface area contributed by atoms with Gasteiger partial charge in [0, 0.05) is 29.1 Å². The Hall–Kier alpha value is -2.59. The van der Waals surface area contributed by atoms with Crippen LogP contribution in [0, 0.1) is 0 Å². The van der Waals surface area contributed by atoms with Crippen molar-refractivity contribution in [2.75, 3.05) is 0 Å². The van der Waals surface area contributed by atoms with E-state index in [2.05, 4.69) is 0 Å². The molecule has 5 heteroatoms. The normalized spacial score (nSPS) is 10.6. The lowest BCUT2D eigenvalue weighted by atomic mass is 10.2. The molecule has 0 atom stereocenters. The first-order chi connectivity index (χ1) is 10.6. The van der Waals surface area contributed by atoms with E-state index in [1.54, 1.807) is 22.8 Å². The molecule has 0 amide bonds. The van der Waals surface area contributed by atoms with Crippen molar-refractivity contribution in [2.24, 2.45) is 0 Å². The number of fused-ring (bicyclic) bond motifs is 1. The van der Waals surface area contributed by atoms with Gasteiger partial charge < -0.3 is 4.74 Å². The number of hydrogen-bond acceptors (Lipinski definition) is 3. The summed E-state index contributed by atoms with van der Waals surface area (Å²) in [5, 5.41) is 1.10. The van der Waals surface area contributed by atoms with Gasteiger partial charge in [0.05, 0.1) is 5.52 Å². The van der Waals surface area contributed by atoms with Gasteiger partial charge in [0.2, 0.25) is 0 Å². The SMILES string of the molecule is CC(=O)Oc1cc(=O)n(-c2ccccc2)c2ccc(Cl)cc12. The van der Waals surface area contributed by atoms with Crippen LogP contribution in [0.4, 0.5) is 0 Å². The topological polar surface area (TPSA) is 48.3 Å². The number of pyridine rings is 1. The lowest BCUT2D eigenvalue weighted by Crippen LogP contribution is -2.19. The Labute approximate surface area is 131 Å². The predicted octanol–water partition coefficient (Wildman–Crippen LogP) is 3.57. The fourth-order valence-corrected chi connectivity index (χ4v) is 2.53. The molecule has 2 aromatic carbocycles. The number of aromatic nitrogens is 1. The average molecular weight is 314 g/mol. The molecule has 0 saturated carbocycles. The largest absolute Gasteiger partial charge is 0.426 e. The van der Waals surface area contributed by atoms with Gasteiger partial charge in [-0.25, -0.2) is 0 Å². The Balaban J connectivity index is 2.38. The van der Waals surface area contributed by atoms with E-state index < -0.39 is 5.97 Å². The molecule has 0 aliphatic carbocycles. The minimum Gasteiger partial charge on any atom is -0.426 e. The highest BCUT2D eigenvalue weighted by atomic mass is 35.5. The van der Waals surface area contributed by atoms with Gasteiger partial charge in [0.25, 0.3) is 5.56 Å². The summed E-state index contributed by atoms with van der Waals surface area (Å²) in [6.45, 7) is 1.29. The second-order valence-corrected chi connectivity index (χ2v) is 5.21. The molecule has 4 nitrogen and oxygen atoms in total. The first-order valence-corrected chi connectivity index (χ1v) is 7.03. The Morgan fingerprint density at radius 2 is 1.82 bits per heavy atom. The molecule has 0 aliphatic heterocycles. The number of esters is 1. The molecular formula is C17H12ClNO3. The van der Waals surface area contributed by atoms with Gasteiger partial charge in [-0.2, -0.15) is 0 Å². The third kappa shape index (κ3) is 2.61. The van der Waals surface area contributed by atoms with Crippen LogP contribution < -0.4 is 10.3 Å². The van der Waals surface area contributed by atoms with Gasteiger partial charge >= 0.3 is 5.97 Å². The molecule has 0 aliphatic rings. The predicted molar refractivity (Wildman–Crippen MR) is 85.9 cm³/mol. The summed E-state index contributed by atoms with van der Waals surface area (Å²) in [7, 11) is 0.